The lowest BCUT2D eigenvalue weighted by Gasteiger charge is -2.40. The second-order valence-electron chi connectivity index (χ2n) is 7.77. The van der Waals surface area contributed by atoms with Crippen LogP contribution < -0.4 is 0 Å². The van der Waals surface area contributed by atoms with E-state index in [4.69, 9.17) is 0 Å². The zero-order valence-corrected chi connectivity index (χ0v) is 18.1. The van der Waals surface area contributed by atoms with Crippen LogP contribution in [0.5, 0.6) is 0 Å². The van der Waals surface area contributed by atoms with Crippen LogP contribution in [0, 0.1) is 6.92 Å². The highest BCUT2D eigenvalue weighted by molar-refractivity contribution is 7.89. The van der Waals surface area contributed by atoms with Gasteiger partial charge in [-0.3, -0.25) is 0 Å². The molecule has 4 rings (SSSR count). The predicted octanol–water partition coefficient (Wildman–Crippen LogP) is 5.40. The highest BCUT2D eigenvalue weighted by Crippen LogP contribution is 2.45. The second kappa shape index (κ2) is 8.55. The monoisotopic (exact) mass is 432 g/mol. The van der Waals surface area contributed by atoms with Crippen LogP contribution in [0.1, 0.15) is 29.5 Å². The summed E-state index contributed by atoms with van der Waals surface area (Å²) in [6.45, 7) is 2.30. The maximum absolute atomic E-state index is 13.7. The first-order chi connectivity index (χ1) is 15.0. The van der Waals surface area contributed by atoms with E-state index in [1.54, 1.807) is 24.3 Å². The molecule has 1 heterocycles. The number of benzene rings is 3. The van der Waals surface area contributed by atoms with Gasteiger partial charge in [0.05, 0.1) is 4.90 Å². The molecule has 0 spiro atoms. The molecule has 0 N–H and O–H groups in total. The van der Waals surface area contributed by atoms with Gasteiger partial charge in [0.2, 0.25) is 10.0 Å². The van der Waals surface area contributed by atoms with Gasteiger partial charge in [-0.2, -0.15) is 4.31 Å². The standard InChI is InChI=1S/C24H24N4O2S/c1-19-14-16-22(17-15-19)31(29,30)28-18-8-13-23(28)24(26-27-25,20-9-4-2-5-10-20)21-11-6-3-7-12-21/h2-7,9-12,14-17,23H,8,13,18H2,1H3/t23-/m0/s1. The Morgan fingerprint density at radius 2 is 1.48 bits per heavy atom. The Kier molecular flexibility index (Phi) is 5.83. The molecule has 0 saturated carbocycles. The Balaban J connectivity index is 1.92. The van der Waals surface area contributed by atoms with E-state index in [9.17, 15) is 13.9 Å². The first kappa shape index (κ1) is 21.1. The molecule has 7 heteroatoms. The lowest BCUT2D eigenvalue weighted by Crippen LogP contribution is -2.49. The Bertz CT molecular complexity index is 1150. The zero-order chi connectivity index (χ0) is 21.9. The molecule has 3 aromatic carbocycles. The fraction of sp³-hybridized carbons (Fsp3) is 0.250. The summed E-state index contributed by atoms with van der Waals surface area (Å²) < 4.78 is 28.8. The van der Waals surface area contributed by atoms with Crippen molar-refractivity contribution in [1.29, 1.82) is 0 Å². The fourth-order valence-corrected chi connectivity index (χ4v) is 6.19. The van der Waals surface area contributed by atoms with Crippen molar-refractivity contribution in [3.8, 4) is 0 Å². The third-order valence-electron chi connectivity index (χ3n) is 5.94. The molecule has 1 aliphatic rings. The van der Waals surface area contributed by atoms with Crippen LogP contribution in [-0.4, -0.2) is 25.3 Å². The summed E-state index contributed by atoms with van der Waals surface area (Å²) in [6, 6.07) is 25.2. The highest BCUT2D eigenvalue weighted by Gasteiger charge is 2.50. The summed E-state index contributed by atoms with van der Waals surface area (Å²) in [5, 5.41) is 4.32. The second-order valence-corrected chi connectivity index (χ2v) is 9.67. The van der Waals surface area contributed by atoms with Gasteiger partial charge < -0.3 is 0 Å². The number of nitrogens with zero attached hydrogens (tertiary/aromatic N) is 4. The van der Waals surface area contributed by atoms with E-state index in [-0.39, 0.29) is 4.90 Å². The van der Waals surface area contributed by atoms with Crippen LogP contribution in [0.2, 0.25) is 0 Å². The van der Waals surface area contributed by atoms with Crippen LogP contribution in [0.25, 0.3) is 10.4 Å². The van der Waals surface area contributed by atoms with Gasteiger partial charge in [-0.15, -0.1) is 0 Å². The maximum Gasteiger partial charge on any atom is 0.243 e. The van der Waals surface area contributed by atoms with Crippen LogP contribution >= 0.6 is 0 Å². The normalized spacial score (nSPS) is 17.3. The largest absolute Gasteiger partial charge is 0.243 e. The third-order valence-corrected chi connectivity index (χ3v) is 7.87. The van der Waals surface area contributed by atoms with Gasteiger partial charge in [0.1, 0.15) is 5.54 Å². The van der Waals surface area contributed by atoms with Gasteiger partial charge in [-0.1, -0.05) is 83.5 Å². The summed E-state index contributed by atoms with van der Waals surface area (Å²) in [5.74, 6) is 0. The van der Waals surface area contributed by atoms with Gasteiger partial charge in [-0.05, 0) is 48.6 Å². The Hall–Kier alpha value is -3.12. The third kappa shape index (κ3) is 3.72. The molecule has 1 saturated heterocycles. The van der Waals surface area contributed by atoms with E-state index < -0.39 is 21.6 Å². The predicted molar refractivity (Wildman–Crippen MR) is 121 cm³/mol. The van der Waals surface area contributed by atoms with Crippen molar-refractivity contribution in [2.75, 3.05) is 6.54 Å². The van der Waals surface area contributed by atoms with E-state index in [1.165, 1.54) is 4.31 Å². The minimum absolute atomic E-state index is 0.251. The summed E-state index contributed by atoms with van der Waals surface area (Å²) in [7, 11) is -3.77. The minimum Gasteiger partial charge on any atom is -0.207 e. The van der Waals surface area contributed by atoms with E-state index >= 15 is 0 Å². The smallest absolute Gasteiger partial charge is 0.207 e. The molecule has 0 radical (unpaired) electrons. The van der Waals surface area contributed by atoms with E-state index in [0.717, 1.165) is 16.7 Å². The zero-order valence-electron chi connectivity index (χ0n) is 17.3. The lowest BCUT2D eigenvalue weighted by molar-refractivity contribution is 0.279. The molecule has 0 aromatic heterocycles. The molecule has 0 unspecified atom stereocenters. The molecule has 0 aliphatic carbocycles. The number of rotatable bonds is 6. The van der Waals surface area contributed by atoms with Gasteiger partial charge in [0.25, 0.3) is 0 Å². The van der Waals surface area contributed by atoms with Crippen LogP contribution in [0.3, 0.4) is 0 Å². The van der Waals surface area contributed by atoms with Crippen molar-refractivity contribution in [2.24, 2.45) is 5.11 Å². The summed E-state index contributed by atoms with van der Waals surface area (Å²) >= 11 is 0. The average Bonchev–Trinajstić information content (AvgIpc) is 3.30. The molecule has 0 bridgehead atoms. The molecule has 1 aliphatic heterocycles. The van der Waals surface area contributed by atoms with E-state index in [1.807, 2.05) is 67.6 Å². The lowest BCUT2D eigenvalue weighted by atomic mass is 9.77. The summed E-state index contributed by atoms with van der Waals surface area (Å²) in [5.41, 5.74) is 11.0. The molecule has 158 valence electrons. The first-order valence-electron chi connectivity index (χ1n) is 10.3. The average molecular weight is 433 g/mol. The number of azide groups is 1. The summed E-state index contributed by atoms with van der Waals surface area (Å²) in [4.78, 5) is 3.46. The molecule has 31 heavy (non-hydrogen) atoms. The fourth-order valence-electron chi connectivity index (χ4n) is 4.48. The molecule has 3 aromatic rings. The topological polar surface area (TPSA) is 86.1 Å². The van der Waals surface area contributed by atoms with Gasteiger partial charge in [0, 0.05) is 17.5 Å². The molecule has 1 fully saturated rings. The number of hydrogen-bond donors (Lipinski definition) is 0. The SMILES string of the molecule is Cc1ccc(S(=O)(=O)N2CCC[C@H]2C(N=[N+]=[N-])(c2ccccc2)c2ccccc2)cc1. The van der Waals surface area contributed by atoms with Crippen LogP contribution in [0.15, 0.2) is 94.9 Å². The molecule has 1 atom stereocenters. The van der Waals surface area contributed by atoms with Crippen molar-refractivity contribution in [3.05, 3.63) is 112 Å². The van der Waals surface area contributed by atoms with Gasteiger partial charge in [0.15, 0.2) is 0 Å². The number of hydrogen-bond acceptors (Lipinski definition) is 3. The highest BCUT2D eigenvalue weighted by atomic mass is 32.2. The van der Waals surface area contributed by atoms with Crippen molar-refractivity contribution in [1.82, 2.24) is 4.31 Å². The Morgan fingerprint density at radius 1 is 0.935 bits per heavy atom. The first-order valence-corrected chi connectivity index (χ1v) is 11.7. The van der Waals surface area contributed by atoms with Crippen LogP contribution in [0.4, 0.5) is 0 Å². The van der Waals surface area contributed by atoms with Crippen molar-refractivity contribution in [3.63, 3.8) is 0 Å². The molecular formula is C24H24N4O2S. The van der Waals surface area contributed by atoms with E-state index in [0.29, 0.717) is 19.4 Å². The van der Waals surface area contributed by atoms with Crippen molar-refractivity contribution >= 4 is 10.0 Å². The van der Waals surface area contributed by atoms with Gasteiger partial charge in [-0.25, -0.2) is 8.42 Å². The Labute approximate surface area is 182 Å². The maximum atomic E-state index is 13.7. The van der Waals surface area contributed by atoms with Crippen molar-refractivity contribution < 1.29 is 8.42 Å². The molecule has 6 nitrogen and oxygen atoms in total. The number of sulfonamides is 1. The summed E-state index contributed by atoms with van der Waals surface area (Å²) in [6.07, 6.45) is 1.28. The quantitative estimate of drug-likeness (QED) is 0.296. The van der Waals surface area contributed by atoms with Crippen LogP contribution in [-0.2, 0) is 15.6 Å². The molecule has 0 amide bonds. The molecular weight excluding hydrogens is 408 g/mol. The van der Waals surface area contributed by atoms with Crippen molar-refractivity contribution in [2.45, 2.75) is 36.2 Å². The Morgan fingerprint density at radius 3 is 2.00 bits per heavy atom. The van der Waals surface area contributed by atoms with E-state index in [2.05, 4.69) is 10.0 Å². The minimum atomic E-state index is -3.77. The number of aryl methyl sites for hydroxylation is 1. The van der Waals surface area contributed by atoms with Gasteiger partial charge >= 0.3 is 0 Å².